The van der Waals surface area contributed by atoms with E-state index >= 15 is 0 Å². The first-order valence-corrected chi connectivity index (χ1v) is 6.16. The molecule has 3 nitrogen and oxygen atoms in total. The molecule has 0 spiro atoms. The predicted octanol–water partition coefficient (Wildman–Crippen LogP) is 1.77. The van der Waals surface area contributed by atoms with Crippen LogP contribution in [0.2, 0.25) is 0 Å². The standard InChI is InChI=1S/C13H19N3/c14-11-1-3-12(4-2-11)15-13-9-16-7-5-10(13)6-8-16/h1-4,10,13,15H,5-9,14H2. The van der Waals surface area contributed by atoms with Gasteiger partial charge in [-0.1, -0.05) is 0 Å². The Bertz CT molecular complexity index is 352. The molecule has 1 aromatic rings. The lowest BCUT2D eigenvalue weighted by Crippen LogP contribution is -2.53. The minimum atomic E-state index is 0.631. The van der Waals surface area contributed by atoms with Crippen LogP contribution in [-0.4, -0.2) is 30.6 Å². The SMILES string of the molecule is Nc1ccc(NC2CN3CCC2CC3)cc1. The molecule has 3 aliphatic rings. The molecule has 1 aromatic carbocycles. The van der Waals surface area contributed by atoms with Crippen molar-refractivity contribution in [3.8, 4) is 0 Å². The molecule has 3 N–H and O–H groups in total. The highest BCUT2D eigenvalue weighted by molar-refractivity contribution is 5.51. The topological polar surface area (TPSA) is 41.3 Å². The fourth-order valence-electron chi connectivity index (χ4n) is 2.92. The van der Waals surface area contributed by atoms with Gasteiger partial charge in [-0.15, -0.1) is 0 Å². The van der Waals surface area contributed by atoms with Gasteiger partial charge in [0, 0.05) is 24.0 Å². The Morgan fingerprint density at radius 1 is 1.12 bits per heavy atom. The van der Waals surface area contributed by atoms with Crippen molar-refractivity contribution < 1.29 is 0 Å². The summed E-state index contributed by atoms with van der Waals surface area (Å²) in [6.07, 6.45) is 2.71. The van der Waals surface area contributed by atoms with E-state index in [1.165, 1.54) is 38.2 Å². The number of nitrogens with one attached hydrogen (secondary N) is 1. The van der Waals surface area contributed by atoms with Gasteiger partial charge in [0.1, 0.15) is 0 Å². The van der Waals surface area contributed by atoms with Crippen molar-refractivity contribution in [1.82, 2.24) is 4.90 Å². The number of piperidine rings is 3. The summed E-state index contributed by atoms with van der Waals surface area (Å²) in [4.78, 5) is 2.56. The van der Waals surface area contributed by atoms with Crippen LogP contribution in [0.25, 0.3) is 0 Å². The molecule has 2 bridgehead atoms. The number of benzene rings is 1. The van der Waals surface area contributed by atoms with Crippen molar-refractivity contribution in [2.75, 3.05) is 30.7 Å². The summed E-state index contributed by atoms with van der Waals surface area (Å²) in [5.74, 6) is 0.863. The molecule has 3 fully saturated rings. The van der Waals surface area contributed by atoms with Crippen LogP contribution in [0, 0.1) is 5.92 Å². The van der Waals surface area contributed by atoms with Crippen LogP contribution < -0.4 is 11.1 Å². The van der Waals surface area contributed by atoms with E-state index in [-0.39, 0.29) is 0 Å². The second-order valence-corrected chi connectivity index (χ2v) is 5.01. The van der Waals surface area contributed by atoms with E-state index in [0.29, 0.717) is 6.04 Å². The molecule has 16 heavy (non-hydrogen) atoms. The van der Waals surface area contributed by atoms with Crippen molar-refractivity contribution in [3.63, 3.8) is 0 Å². The molecule has 0 aromatic heterocycles. The third-order valence-electron chi connectivity index (χ3n) is 3.92. The minimum Gasteiger partial charge on any atom is -0.399 e. The zero-order valence-electron chi connectivity index (χ0n) is 9.52. The molecule has 0 aliphatic carbocycles. The average Bonchev–Trinajstić information content (AvgIpc) is 2.34. The van der Waals surface area contributed by atoms with Gasteiger partial charge in [0.25, 0.3) is 0 Å². The normalized spacial score (nSPS) is 32.6. The highest BCUT2D eigenvalue weighted by Gasteiger charge is 2.33. The molecule has 3 heteroatoms. The lowest BCUT2D eigenvalue weighted by atomic mass is 9.84. The van der Waals surface area contributed by atoms with E-state index in [0.717, 1.165) is 11.6 Å². The molecule has 0 saturated carbocycles. The van der Waals surface area contributed by atoms with Gasteiger partial charge in [0.2, 0.25) is 0 Å². The average molecular weight is 217 g/mol. The molecular formula is C13H19N3. The number of hydrogen-bond acceptors (Lipinski definition) is 3. The first-order chi connectivity index (χ1) is 7.81. The molecule has 3 aliphatic heterocycles. The number of hydrogen-bond donors (Lipinski definition) is 2. The Kier molecular flexibility index (Phi) is 2.48. The van der Waals surface area contributed by atoms with Crippen LogP contribution in [0.4, 0.5) is 11.4 Å². The number of nitrogens with zero attached hydrogens (tertiary/aromatic N) is 1. The molecule has 0 amide bonds. The van der Waals surface area contributed by atoms with Crippen molar-refractivity contribution in [1.29, 1.82) is 0 Å². The monoisotopic (exact) mass is 217 g/mol. The lowest BCUT2D eigenvalue weighted by molar-refractivity contribution is 0.0975. The number of anilines is 2. The summed E-state index contributed by atoms with van der Waals surface area (Å²) < 4.78 is 0. The molecule has 3 saturated heterocycles. The Morgan fingerprint density at radius 3 is 2.38 bits per heavy atom. The first kappa shape index (κ1) is 9.97. The van der Waals surface area contributed by atoms with E-state index in [9.17, 15) is 0 Å². The number of nitrogen functional groups attached to an aromatic ring is 1. The van der Waals surface area contributed by atoms with Crippen LogP contribution in [0.5, 0.6) is 0 Å². The maximum absolute atomic E-state index is 5.68. The molecule has 0 radical (unpaired) electrons. The second kappa shape index (κ2) is 3.98. The Balaban J connectivity index is 1.68. The van der Waals surface area contributed by atoms with Gasteiger partial charge in [0.05, 0.1) is 0 Å². The molecule has 86 valence electrons. The Hall–Kier alpha value is -1.22. The number of fused-ring (bicyclic) bond motifs is 3. The van der Waals surface area contributed by atoms with Crippen LogP contribution in [0.3, 0.4) is 0 Å². The Morgan fingerprint density at radius 2 is 1.81 bits per heavy atom. The van der Waals surface area contributed by atoms with Crippen molar-refractivity contribution in [2.45, 2.75) is 18.9 Å². The van der Waals surface area contributed by atoms with Gasteiger partial charge in [-0.25, -0.2) is 0 Å². The van der Waals surface area contributed by atoms with Crippen molar-refractivity contribution in [2.24, 2.45) is 5.92 Å². The molecule has 4 rings (SSSR count). The summed E-state index contributed by atoms with van der Waals surface area (Å²) >= 11 is 0. The van der Waals surface area contributed by atoms with Crippen molar-refractivity contribution in [3.05, 3.63) is 24.3 Å². The molecule has 3 heterocycles. The number of nitrogens with two attached hydrogens (primary N) is 1. The number of rotatable bonds is 2. The maximum Gasteiger partial charge on any atom is 0.0417 e. The summed E-state index contributed by atoms with van der Waals surface area (Å²) in [6.45, 7) is 3.80. The summed E-state index contributed by atoms with van der Waals surface area (Å²) in [5, 5.41) is 3.64. The fourth-order valence-corrected chi connectivity index (χ4v) is 2.92. The van der Waals surface area contributed by atoms with Gasteiger partial charge >= 0.3 is 0 Å². The maximum atomic E-state index is 5.68. The third kappa shape index (κ3) is 1.87. The van der Waals surface area contributed by atoms with Crippen LogP contribution in [0.15, 0.2) is 24.3 Å². The summed E-state index contributed by atoms with van der Waals surface area (Å²) in [7, 11) is 0. The predicted molar refractivity (Wildman–Crippen MR) is 67.4 cm³/mol. The van der Waals surface area contributed by atoms with Gasteiger partial charge in [-0.3, -0.25) is 0 Å². The van der Waals surface area contributed by atoms with Crippen LogP contribution in [0.1, 0.15) is 12.8 Å². The molecule has 1 atom stereocenters. The largest absolute Gasteiger partial charge is 0.399 e. The van der Waals surface area contributed by atoms with Gasteiger partial charge in [0.15, 0.2) is 0 Å². The van der Waals surface area contributed by atoms with Gasteiger partial charge in [-0.05, 0) is 56.1 Å². The van der Waals surface area contributed by atoms with Crippen LogP contribution >= 0.6 is 0 Å². The summed E-state index contributed by atoms with van der Waals surface area (Å²) in [5.41, 5.74) is 7.72. The third-order valence-corrected chi connectivity index (χ3v) is 3.92. The van der Waals surface area contributed by atoms with Crippen LogP contribution in [-0.2, 0) is 0 Å². The van der Waals surface area contributed by atoms with Crippen molar-refractivity contribution >= 4 is 11.4 Å². The van der Waals surface area contributed by atoms with E-state index in [4.69, 9.17) is 5.73 Å². The quantitative estimate of drug-likeness (QED) is 0.742. The Labute approximate surface area is 96.6 Å². The summed E-state index contributed by atoms with van der Waals surface area (Å²) in [6, 6.07) is 8.71. The van der Waals surface area contributed by atoms with Gasteiger partial charge in [-0.2, -0.15) is 0 Å². The molecular weight excluding hydrogens is 198 g/mol. The zero-order valence-corrected chi connectivity index (χ0v) is 9.52. The van der Waals surface area contributed by atoms with E-state index in [2.05, 4.69) is 22.3 Å². The highest BCUT2D eigenvalue weighted by Crippen LogP contribution is 2.29. The first-order valence-electron chi connectivity index (χ1n) is 6.16. The highest BCUT2D eigenvalue weighted by atomic mass is 15.2. The van der Waals surface area contributed by atoms with Gasteiger partial charge < -0.3 is 16.0 Å². The zero-order chi connectivity index (χ0) is 11.0. The van der Waals surface area contributed by atoms with E-state index in [1.54, 1.807) is 0 Å². The smallest absolute Gasteiger partial charge is 0.0417 e. The lowest BCUT2D eigenvalue weighted by Gasteiger charge is -2.45. The second-order valence-electron chi connectivity index (χ2n) is 5.01. The fraction of sp³-hybridized carbons (Fsp3) is 0.538. The minimum absolute atomic E-state index is 0.631. The molecule has 1 unspecified atom stereocenters. The van der Waals surface area contributed by atoms with E-state index < -0.39 is 0 Å². The van der Waals surface area contributed by atoms with E-state index in [1.807, 2.05) is 12.1 Å².